The summed E-state index contributed by atoms with van der Waals surface area (Å²) in [6.45, 7) is 10.7. The van der Waals surface area contributed by atoms with Crippen LogP contribution in [0.15, 0.2) is 0 Å². The van der Waals surface area contributed by atoms with Crippen LogP contribution in [0.5, 0.6) is 0 Å². The van der Waals surface area contributed by atoms with E-state index in [0.717, 1.165) is 25.7 Å². The van der Waals surface area contributed by atoms with Gasteiger partial charge in [-0.1, -0.05) is 52.4 Å². The predicted octanol–water partition coefficient (Wildman–Crippen LogP) is 5.15. The second-order valence-electron chi connectivity index (χ2n) is 10.8. The summed E-state index contributed by atoms with van der Waals surface area (Å²) in [7, 11) is 0. The molecule has 1 saturated heterocycles. The topological polar surface area (TPSA) is 90.9 Å². The Bertz CT molecular complexity index is 635. The summed E-state index contributed by atoms with van der Waals surface area (Å²) in [5.41, 5.74) is -0.652. The Labute approximate surface area is 193 Å². The summed E-state index contributed by atoms with van der Waals surface area (Å²) in [6.07, 6.45) is 7.35. The van der Waals surface area contributed by atoms with Crippen LogP contribution in [0.4, 0.5) is 4.79 Å². The fourth-order valence-corrected chi connectivity index (χ4v) is 4.72. The summed E-state index contributed by atoms with van der Waals surface area (Å²) >= 11 is 0. The largest absolute Gasteiger partial charge is 0.458 e. The van der Waals surface area contributed by atoms with Crippen molar-refractivity contribution in [2.75, 3.05) is 0 Å². The minimum atomic E-state index is -0.778. The third kappa shape index (κ3) is 8.62. The number of ether oxygens (including phenoxy) is 3. The molecule has 1 saturated carbocycles. The van der Waals surface area contributed by atoms with Gasteiger partial charge in [0.25, 0.3) is 0 Å². The van der Waals surface area contributed by atoms with Gasteiger partial charge in [-0.25, -0.2) is 9.59 Å². The fourth-order valence-electron chi connectivity index (χ4n) is 4.72. The molecule has 32 heavy (non-hydrogen) atoms. The molecule has 1 aliphatic heterocycles. The fraction of sp³-hybridized carbons (Fsp3) is 0.880. The lowest BCUT2D eigenvalue weighted by Gasteiger charge is -2.35. The third-order valence-corrected chi connectivity index (χ3v) is 6.36. The molecule has 7 heteroatoms. The summed E-state index contributed by atoms with van der Waals surface area (Å²) in [4.78, 5) is 37.6. The van der Waals surface area contributed by atoms with Crippen molar-refractivity contribution in [2.45, 2.75) is 123 Å². The third-order valence-electron chi connectivity index (χ3n) is 6.36. The van der Waals surface area contributed by atoms with Crippen molar-refractivity contribution >= 4 is 18.0 Å². The zero-order valence-corrected chi connectivity index (χ0v) is 20.8. The predicted molar refractivity (Wildman–Crippen MR) is 122 cm³/mol. The van der Waals surface area contributed by atoms with Gasteiger partial charge in [0, 0.05) is 0 Å². The summed E-state index contributed by atoms with van der Waals surface area (Å²) in [5, 5.41) is 2.66. The second-order valence-corrected chi connectivity index (χ2v) is 10.8. The van der Waals surface area contributed by atoms with Gasteiger partial charge in [-0.2, -0.15) is 0 Å². The number of hydrogen-bond acceptors (Lipinski definition) is 6. The van der Waals surface area contributed by atoms with E-state index in [1.165, 1.54) is 25.7 Å². The molecule has 184 valence electrons. The highest BCUT2D eigenvalue weighted by Gasteiger charge is 2.37. The van der Waals surface area contributed by atoms with Crippen LogP contribution in [-0.4, -0.2) is 41.9 Å². The monoisotopic (exact) mass is 453 g/mol. The first kappa shape index (κ1) is 26.5. The van der Waals surface area contributed by atoms with E-state index in [1.54, 1.807) is 27.7 Å². The van der Waals surface area contributed by atoms with Crippen LogP contribution >= 0.6 is 0 Å². The van der Waals surface area contributed by atoms with E-state index < -0.39 is 35.9 Å². The van der Waals surface area contributed by atoms with Crippen LogP contribution in [0.25, 0.3) is 0 Å². The summed E-state index contributed by atoms with van der Waals surface area (Å²) in [5.74, 6) is -0.209. The van der Waals surface area contributed by atoms with Gasteiger partial charge in [-0.3, -0.25) is 4.79 Å². The van der Waals surface area contributed by atoms with E-state index in [-0.39, 0.29) is 17.8 Å². The molecule has 2 rings (SSSR count). The first-order chi connectivity index (χ1) is 15.0. The molecule has 0 aromatic rings. The van der Waals surface area contributed by atoms with Gasteiger partial charge in [-0.05, 0) is 58.8 Å². The van der Waals surface area contributed by atoms with Crippen LogP contribution in [0, 0.1) is 17.8 Å². The van der Waals surface area contributed by atoms with Crippen molar-refractivity contribution in [1.29, 1.82) is 0 Å². The Balaban J connectivity index is 2.14. The van der Waals surface area contributed by atoms with E-state index in [1.807, 2.05) is 13.8 Å². The molecule has 0 bridgehead atoms. The Morgan fingerprint density at radius 2 is 1.66 bits per heavy atom. The summed E-state index contributed by atoms with van der Waals surface area (Å²) < 4.78 is 17.0. The number of carbonyl (C=O) groups is 3. The normalized spacial score (nSPS) is 28.2. The van der Waals surface area contributed by atoms with Gasteiger partial charge in [0.05, 0.1) is 5.92 Å². The second kappa shape index (κ2) is 11.9. The molecular formula is C25H43NO6. The molecule has 1 heterocycles. The Morgan fingerprint density at radius 3 is 2.25 bits per heavy atom. The van der Waals surface area contributed by atoms with E-state index >= 15 is 0 Å². The number of nitrogens with one attached hydrogen (secondary N) is 1. The molecule has 2 fully saturated rings. The Hall–Kier alpha value is -1.79. The molecule has 0 aromatic heterocycles. The molecule has 0 aromatic carbocycles. The smallest absolute Gasteiger partial charge is 0.408 e. The lowest BCUT2D eigenvalue weighted by molar-refractivity contribution is -0.176. The molecule has 0 unspecified atom stereocenters. The van der Waals surface area contributed by atoms with Crippen LogP contribution in [0.2, 0.25) is 0 Å². The van der Waals surface area contributed by atoms with E-state index in [0.29, 0.717) is 12.3 Å². The molecule has 1 aliphatic carbocycles. The SMILES string of the molecule is CC(C)C(=O)O[C@@H]1[C@@H](CC2CCCC2)CCCC[C@H](NC(=O)OC(C)(C)C)C(=O)O[C@H]1C. The van der Waals surface area contributed by atoms with Crippen molar-refractivity contribution in [3.05, 3.63) is 0 Å². The highest BCUT2D eigenvalue weighted by atomic mass is 16.6. The van der Waals surface area contributed by atoms with Crippen molar-refractivity contribution in [3.63, 3.8) is 0 Å². The molecule has 7 nitrogen and oxygen atoms in total. The Morgan fingerprint density at radius 1 is 1.06 bits per heavy atom. The number of carbonyl (C=O) groups excluding carboxylic acids is 3. The number of amides is 1. The number of hydrogen-bond donors (Lipinski definition) is 1. The standard InChI is InChI=1S/C25H43NO6/c1-16(2)22(27)31-21-17(3)30-23(28)20(26-24(29)32-25(4,5)6)14-10-9-13-19(21)15-18-11-7-8-12-18/h16-21H,7-15H2,1-6H3,(H,26,29)/t17-,19+,20-,21-/m0/s1. The lowest BCUT2D eigenvalue weighted by Crippen LogP contribution is -2.48. The van der Waals surface area contributed by atoms with Crippen LogP contribution in [-0.2, 0) is 23.8 Å². The molecule has 2 aliphatic rings. The lowest BCUT2D eigenvalue weighted by atomic mass is 9.83. The van der Waals surface area contributed by atoms with Crippen LogP contribution in [0.1, 0.15) is 99.3 Å². The van der Waals surface area contributed by atoms with Gasteiger partial charge >= 0.3 is 18.0 Å². The minimum Gasteiger partial charge on any atom is -0.458 e. The summed E-state index contributed by atoms with van der Waals surface area (Å²) in [6, 6.07) is -0.778. The zero-order chi connectivity index (χ0) is 23.9. The maximum Gasteiger partial charge on any atom is 0.408 e. The highest BCUT2D eigenvalue weighted by Crippen LogP contribution is 2.36. The van der Waals surface area contributed by atoms with Gasteiger partial charge in [0.1, 0.15) is 23.9 Å². The van der Waals surface area contributed by atoms with Gasteiger partial charge in [0.15, 0.2) is 0 Å². The molecule has 1 amide bonds. The maximum absolute atomic E-state index is 12.9. The minimum absolute atomic E-state index is 0.166. The quantitative estimate of drug-likeness (QED) is 0.457. The first-order valence-corrected chi connectivity index (χ1v) is 12.4. The maximum atomic E-state index is 12.9. The van der Waals surface area contributed by atoms with Crippen molar-refractivity contribution in [2.24, 2.45) is 17.8 Å². The van der Waals surface area contributed by atoms with Crippen LogP contribution < -0.4 is 5.32 Å². The molecule has 1 N–H and O–H groups in total. The first-order valence-electron chi connectivity index (χ1n) is 12.4. The van der Waals surface area contributed by atoms with Gasteiger partial charge in [0.2, 0.25) is 0 Å². The average molecular weight is 454 g/mol. The van der Waals surface area contributed by atoms with Gasteiger partial charge < -0.3 is 19.5 Å². The van der Waals surface area contributed by atoms with Crippen molar-refractivity contribution in [3.8, 4) is 0 Å². The van der Waals surface area contributed by atoms with Crippen molar-refractivity contribution < 1.29 is 28.6 Å². The zero-order valence-electron chi connectivity index (χ0n) is 20.8. The van der Waals surface area contributed by atoms with E-state index in [4.69, 9.17) is 14.2 Å². The van der Waals surface area contributed by atoms with Crippen LogP contribution in [0.3, 0.4) is 0 Å². The molecule has 4 atom stereocenters. The molecule has 0 radical (unpaired) electrons. The van der Waals surface area contributed by atoms with Crippen molar-refractivity contribution in [1.82, 2.24) is 5.32 Å². The number of rotatable bonds is 5. The van der Waals surface area contributed by atoms with E-state index in [9.17, 15) is 14.4 Å². The number of esters is 2. The molecular weight excluding hydrogens is 410 g/mol. The number of alkyl carbamates (subject to hydrolysis) is 1. The average Bonchev–Trinajstić information content (AvgIpc) is 3.18. The van der Waals surface area contributed by atoms with Gasteiger partial charge in [-0.15, -0.1) is 0 Å². The van der Waals surface area contributed by atoms with E-state index in [2.05, 4.69) is 5.32 Å². The Kier molecular flexibility index (Phi) is 9.83. The number of cyclic esters (lactones) is 1. The molecule has 0 spiro atoms. The highest BCUT2D eigenvalue weighted by molar-refractivity contribution is 5.81.